The molecule has 0 amide bonds. The monoisotopic (exact) mass is 280 g/mol. The first-order chi connectivity index (χ1) is 7.77. The van der Waals surface area contributed by atoms with Crippen LogP contribution in [0.4, 0.5) is 0 Å². The molecule has 86 valence electrons. The molecular weight excluding hydrogens is 264 g/mol. The molecule has 0 bridgehead atoms. The molecule has 1 unspecified atom stereocenters. The molecule has 1 aromatic carbocycles. The van der Waals surface area contributed by atoms with E-state index in [1.807, 2.05) is 0 Å². The molecule has 1 saturated heterocycles. The van der Waals surface area contributed by atoms with Gasteiger partial charge in [-0.3, -0.25) is 5.32 Å². The summed E-state index contributed by atoms with van der Waals surface area (Å²) in [6.07, 6.45) is 3.90. The molecule has 2 nitrogen and oxygen atoms in total. The van der Waals surface area contributed by atoms with Gasteiger partial charge in [0.1, 0.15) is 0 Å². The topological polar surface area (TPSA) is 24.1 Å². The van der Waals surface area contributed by atoms with Gasteiger partial charge in [-0.1, -0.05) is 28.1 Å². The highest BCUT2D eigenvalue weighted by Crippen LogP contribution is 2.41. The van der Waals surface area contributed by atoms with Crippen LogP contribution in [0.2, 0.25) is 0 Å². The third-order valence-electron chi connectivity index (χ3n) is 4.00. The standard InChI is InChI=1S/C13H17BrN2/c14-12-3-1-10(2-4-12)11-5-6-13(7-11)8-15-9-16-13/h1-4,11,15-16H,5-9H2/t11?,13-/m0/s1. The van der Waals surface area contributed by atoms with E-state index in [0.29, 0.717) is 5.54 Å². The highest BCUT2D eigenvalue weighted by molar-refractivity contribution is 9.10. The highest BCUT2D eigenvalue weighted by Gasteiger charge is 2.41. The van der Waals surface area contributed by atoms with Gasteiger partial charge in [0.15, 0.2) is 0 Å². The van der Waals surface area contributed by atoms with E-state index in [-0.39, 0.29) is 0 Å². The number of benzene rings is 1. The number of hydrogen-bond donors (Lipinski definition) is 2. The lowest BCUT2D eigenvalue weighted by Crippen LogP contribution is -2.39. The minimum absolute atomic E-state index is 0.387. The van der Waals surface area contributed by atoms with Crippen molar-refractivity contribution in [2.45, 2.75) is 30.7 Å². The smallest absolute Gasteiger partial charge is 0.0459 e. The fraction of sp³-hybridized carbons (Fsp3) is 0.538. The lowest BCUT2D eigenvalue weighted by atomic mass is 9.93. The average molecular weight is 281 g/mol. The molecule has 2 atom stereocenters. The molecule has 1 aliphatic heterocycles. The van der Waals surface area contributed by atoms with Gasteiger partial charge in [0, 0.05) is 23.2 Å². The SMILES string of the molecule is Brc1ccc(C2CC[C@@]3(CNCN3)C2)cc1. The van der Waals surface area contributed by atoms with Crippen LogP contribution in [-0.2, 0) is 0 Å². The van der Waals surface area contributed by atoms with Crippen LogP contribution >= 0.6 is 15.9 Å². The largest absolute Gasteiger partial charge is 0.303 e. The Hall–Kier alpha value is -0.380. The minimum Gasteiger partial charge on any atom is -0.303 e. The van der Waals surface area contributed by atoms with E-state index < -0.39 is 0 Å². The summed E-state index contributed by atoms with van der Waals surface area (Å²) in [4.78, 5) is 0. The molecule has 16 heavy (non-hydrogen) atoms. The van der Waals surface area contributed by atoms with Crippen LogP contribution in [0.3, 0.4) is 0 Å². The van der Waals surface area contributed by atoms with Crippen LogP contribution in [0.1, 0.15) is 30.7 Å². The van der Waals surface area contributed by atoms with Gasteiger partial charge in [-0.25, -0.2) is 0 Å². The number of hydrogen-bond acceptors (Lipinski definition) is 2. The van der Waals surface area contributed by atoms with Gasteiger partial charge in [-0.15, -0.1) is 0 Å². The first kappa shape index (κ1) is 10.8. The van der Waals surface area contributed by atoms with Gasteiger partial charge in [0.25, 0.3) is 0 Å². The Morgan fingerprint density at radius 1 is 1.25 bits per heavy atom. The Kier molecular flexibility index (Phi) is 2.78. The maximum atomic E-state index is 3.62. The van der Waals surface area contributed by atoms with Crippen molar-refractivity contribution in [3.8, 4) is 0 Å². The van der Waals surface area contributed by atoms with Crippen LogP contribution in [0, 0.1) is 0 Å². The number of halogens is 1. The molecule has 3 heteroatoms. The first-order valence-corrected chi connectivity index (χ1v) is 6.78. The summed E-state index contributed by atoms with van der Waals surface area (Å²) in [5.41, 5.74) is 1.88. The summed E-state index contributed by atoms with van der Waals surface area (Å²) in [6, 6.07) is 8.83. The lowest BCUT2D eigenvalue weighted by molar-refractivity contribution is 0.406. The van der Waals surface area contributed by atoms with Gasteiger partial charge >= 0.3 is 0 Å². The van der Waals surface area contributed by atoms with Crippen molar-refractivity contribution >= 4 is 15.9 Å². The third kappa shape index (κ3) is 1.92. The normalized spacial score (nSPS) is 33.7. The van der Waals surface area contributed by atoms with Crippen molar-refractivity contribution in [3.05, 3.63) is 34.3 Å². The summed E-state index contributed by atoms with van der Waals surface area (Å²) in [6.45, 7) is 2.12. The van der Waals surface area contributed by atoms with Crippen LogP contribution in [0.25, 0.3) is 0 Å². The van der Waals surface area contributed by atoms with E-state index in [9.17, 15) is 0 Å². The van der Waals surface area contributed by atoms with Gasteiger partial charge in [-0.2, -0.15) is 0 Å². The molecule has 2 aliphatic rings. The predicted molar refractivity (Wildman–Crippen MR) is 69.5 cm³/mol. The molecule has 2 N–H and O–H groups in total. The zero-order valence-electron chi connectivity index (χ0n) is 9.30. The van der Waals surface area contributed by atoms with Crippen LogP contribution in [0.5, 0.6) is 0 Å². The van der Waals surface area contributed by atoms with Crippen molar-refractivity contribution in [1.29, 1.82) is 0 Å². The van der Waals surface area contributed by atoms with E-state index in [4.69, 9.17) is 0 Å². The molecule has 1 spiro atoms. The number of rotatable bonds is 1. The summed E-state index contributed by atoms with van der Waals surface area (Å²) < 4.78 is 1.17. The van der Waals surface area contributed by atoms with Crippen molar-refractivity contribution in [2.75, 3.05) is 13.2 Å². The minimum atomic E-state index is 0.387. The van der Waals surface area contributed by atoms with Gasteiger partial charge < -0.3 is 5.32 Å². The highest BCUT2D eigenvalue weighted by atomic mass is 79.9. The maximum Gasteiger partial charge on any atom is 0.0459 e. The second-order valence-electron chi connectivity index (χ2n) is 5.05. The average Bonchev–Trinajstić information content (AvgIpc) is 2.91. The zero-order valence-corrected chi connectivity index (χ0v) is 10.9. The summed E-state index contributed by atoms with van der Waals surface area (Å²) in [5, 5.41) is 7.04. The van der Waals surface area contributed by atoms with Crippen LogP contribution in [-0.4, -0.2) is 18.8 Å². The zero-order chi connectivity index (χ0) is 11.0. The van der Waals surface area contributed by atoms with Gasteiger partial charge in [-0.05, 0) is 42.9 Å². The molecule has 0 radical (unpaired) electrons. The fourth-order valence-electron chi connectivity index (χ4n) is 3.08. The molecule has 1 saturated carbocycles. The van der Waals surface area contributed by atoms with Gasteiger partial charge in [0.05, 0.1) is 0 Å². The maximum absolute atomic E-state index is 3.62. The molecule has 3 rings (SSSR count). The van der Waals surface area contributed by atoms with E-state index in [0.717, 1.165) is 19.1 Å². The van der Waals surface area contributed by atoms with Gasteiger partial charge in [0.2, 0.25) is 0 Å². The molecule has 1 aromatic rings. The lowest BCUT2D eigenvalue weighted by Gasteiger charge is -2.22. The Morgan fingerprint density at radius 2 is 2.06 bits per heavy atom. The van der Waals surface area contributed by atoms with Crippen LogP contribution in [0.15, 0.2) is 28.7 Å². The van der Waals surface area contributed by atoms with E-state index in [2.05, 4.69) is 50.8 Å². The van der Waals surface area contributed by atoms with Crippen molar-refractivity contribution in [2.24, 2.45) is 0 Å². The van der Waals surface area contributed by atoms with E-state index in [1.54, 1.807) is 0 Å². The second kappa shape index (κ2) is 4.13. The summed E-state index contributed by atoms with van der Waals surface area (Å²) in [5.74, 6) is 0.737. The molecular formula is C13H17BrN2. The quantitative estimate of drug-likeness (QED) is 0.827. The fourth-order valence-corrected chi connectivity index (χ4v) is 3.35. The predicted octanol–water partition coefficient (Wildman–Crippen LogP) is 2.61. The third-order valence-corrected chi connectivity index (χ3v) is 4.53. The van der Waals surface area contributed by atoms with E-state index in [1.165, 1.54) is 29.3 Å². The Bertz CT molecular complexity index is 368. The first-order valence-electron chi connectivity index (χ1n) is 5.99. The Labute approximate surface area is 105 Å². The van der Waals surface area contributed by atoms with Crippen LogP contribution < -0.4 is 10.6 Å². The van der Waals surface area contributed by atoms with E-state index >= 15 is 0 Å². The molecule has 1 aliphatic carbocycles. The molecule has 0 aromatic heterocycles. The summed E-state index contributed by atoms with van der Waals surface area (Å²) in [7, 11) is 0. The van der Waals surface area contributed by atoms with Crippen molar-refractivity contribution in [1.82, 2.24) is 10.6 Å². The Balaban J connectivity index is 1.75. The Morgan fingerprint density at radius 3 is 2.75 bits per heavy atom. The molecule has 2 fully saturated rings. The van der Waals surface area contributed by atoms with Crippen molar-refractivity contribution in [3.63, 3.8) is 0 Å². The number of nitrogens with one attached hydrogen (secondary N) is 2. The van der Waals surface area contributed by atoms with Crippen molar-refractivity contribution < 1.29 is 0 Å². The summed E-state index contributed by atoms with van der Waals surface area (Å²) >= 11 is 3.49. The second-order valence-corrected chi connectivity index (χ2v) is 5.97. The molecule has 1 heterocycles.